The Bertz CT molecular complexity index is 815. The van der Waals surface area contributed by atoms with Gasteiger partial charge in [0.15, 0.2) is 0 Å². The van der Waals surface area contributed by atoms with Crippen LogP contribution in [0.25, 0.3) is 0 Å². The van der Waals surface area contributed by atoms with E-state index >= 15 is 0 Å². The Balaban J connectivity index is 2.25. The first-order chi connectivity index (χ1) is 11.8. The maximum atomic E-state index is 12.4. The highest BCUT2D eigenvalue weighted by Crippen LogP contribution is 2.32. The highest BCUT2D eigenvalue weighted by atomic mass is 35.5. The predicted octanol–water partition coefficient (Wildman–Crippen LogP) is 4.16. The number of thiophene rings is 1. The molecule has 3 amide bonds. The van der Waals surface area contributed by atoms with Gasteiger partial charge in [0, 0.05) is 15.5 Å². The van der Waals surface area contributed by atoms with Crippen LogP contribution in [0.5, 0.6) is 0 Å². The van der Waals surface area contributed by atoms with E-state index in [1.54, 1.807) is 38.1 Å². The Morgan fingerprint density at radius 2 is 1.76 bits per heavy atom. The molecule has 0 radical (unpaired) electrons. The van der Waals surface area contributed by atoms with Gasteiger partial charge in [-0.2, -0.15) is 0 Å². The van der Waals surface area contributed by atoms with E-state index in [-0.39, 0.29) is 18.1 Å². The zero-order valence-electron chi connectivity index (χ0n) is 13.9. The third-order valence-corrected chi connectivity index (χ3v) is 4.81. The van der Waals surface area contributed by atoms with Gasteiger partial charge in [0.2, 0.25) is 0 Å². The van der Waals surface area contributed by atoms with Gasteiger partial charge in [-0.3, -0.25) is 14.9 Å². The molecule has 2 aromatic rings. The van der Waals surface area contributed by atoms with E-state index in [4.69, 9.17) is 16.3 Å². The minimum Gasteiger partial charge on any atom is -0.450 e. The summed E-state index contributed by atoms with van der Waals surface area (Å²) in [6.07, 6.45) is -0.828. The van der Waals surface area contributed by atoms with Gasteiger partial charge in [-0.05, 0) is 50.6 Å². The maximum Gasteiger partial charge on any atom is 0.414 e. The summed E-state index contributed by atoms with van der Waals surface area (Å²) in [7, 11) is 0. The van der Waals surface area contributed by atoms with Gasteiger partial charge in [0.25, 0.3) is 11.8 Å². The fourth-order valence-electron chi connectivity index (χ4n) is 2.09. The lowest BCUT2D eigenvalue weighted by atomic mass is 10.1. The van der Waals surface area contributed by atoms with Crippen LogP contribution >= 0.6 is 22.9 Å². The number of aryl methyl sites for hydroxylation is 1. The Kier molecular flexibility index (Phi) is 6.17. The maximum absolute atomic E-state index is 12.4. The second-order valence-electron chi connectivity index (χ2n) is 5.12. The SMILES string of the molecule is CCOC(=O)NC(=O)c1c(NC(=O)c2ccc(Cl)cc2)sc(C)c1C. The average molecular weight is 381 g/mol. The third-order valence-electron chi connectivity index (χ3n) is 3.44. The minimum atomic E-state index is -0.828. The molecule has 0 bridgehead atoms. The summed E-state index contributed by atoms with van der Waals surface area (Å²) in [6, 6.07) is 6.39. The van der Waals surface area contributed by atoms with Crippen molar-refractivity contribution in [2.24, 2.45) is 0 Å². The van der Waals surface area contributed by atoms with E-state index in [0.717, 1.165) is 4.88 Å². The van der Waals surface area contributed by atoms with Crippen LogP contribution in [0.4, 0.5) is 9.80 Å². The smallest absolute Gasteiger partial charge is 0.414 e. The summed E-state index contributed by atoms with van der Waals surface area (Å²) in [5, 5.41) is 5.76. The molecule has 0 saturated heterocycles. The first kappa shape index (κ1) is 19.0. The first-order valence-corrected chi connectivity index (χ1v) is 8.68. The standard InChI is InChI=1S/C17H17ClN2O4S/c1-4-24-17(23)20-15(22)13-9(2)10(3)25-16(13)19-14(21)11-5-7-12(18)8-6-11/h5-8H,4H2,1-3H3,(H,19,21)(H,20,22,23). The Morgan fingerprint density at radius 1 is 1.12 bits per heavy atom. The minimum absolute atomic E-state index is 0.154. The van der Waals surface area contributed by atoms with Crippen LogP contribution in [-0.2, 0) is 4.74 Å². The van der Waals surface area contributed by atoms with Crippen molar-refractivity contribution in [3.8, 4) is 0 Å². The number of hydrogen-bond acceptors (Lipinski definition) is 5. The van der Waals surface area contributed by atoms with Crippen molar-refractivity contribution >= 4 is 45.8 Å². The summed E-state index contributed by atoms with van der Waals surface area (Å²) < 4.78 is 4.71. The quantitative estimate of drug-likeness (QED) is 0.834. The van der Waals surface area contributed by atoms with Crippen molar-refractivity contribution < 1.29 is 19.1 Å². The number of carbonyl (C=O) groups excluding carboxylic acids is 3. The second-order valence-corrected chi connectivity index (χ2v) is 6.78. The number of anilines is 1. The van der Waals surface area contributed by atoms with Crippen molar-refractivity contribution in [2.75, 3.05) is 11.9 Å². The molecule has 0 unspecified atom stereocenters. The third kappa shape index (κ3) is 4.58. The summed E-state index contributed by atoms with van der Waals surface area (Å²) in [6.45, 7) is 5.38. The van der Waals surface area contributed by atoms with Gasteiger partial charge < -0.3 is 10.1 Å². The summed E-state index contributed by atoms with van der Waals surface area (Å²) in [5.74, 6) is -0.991. The molecule has 2 rings (SSSR count). The molecule has 0 aliphatic rings. The number of ether oxygens (including phenoxy) is 1. The van der Waals surface area contributed by atoms with Gasteiger partial charge in [-0.1, -0.05) is 11.6 Å². The van der Waals surface area contributed by atoms with E-state index in [0.29, 0.717) is 21.2 Å². The molecule has 1 heterocycles. The lowest BCUT2D eigenvalue weighted by Gasteiger charge is -2.08. The van der Waals surface area contributed by atoms with Crippen LogP contribution in [-0.4, -0.2) is 24.5 Å². The van der Waals surface area contributed by atoms with Crippen LogP contribution in [0, 0.1) is 13.8 Å². The lowest BCUT2D eigenvalue weighted by molar-refractivity contribution is 0.0925. The normalized spacial score (nSPS) is 10.2. The van der Waals surface area contributed by atoms with Crippen molar-refractivity contribution in [3.63, 3.8) is 0 Å². The monoisotopic (exact) mass is 380 g/mol. The molecular formula is C17H17ClN2O4S. The van der Waals surface area contributed by atoms with Crippen LogP contribution in [0.3, 0.4) is 0 Å². The van der Waals surface area contributed by atoms with Crippen molar-refractivity contribution in [1.82, 2.24) is 5.32 Å². The molecule has 8 heteroatoms. The number of alkyl carbamates (subject to hydrolysis) is 1. The molecule has 0 spiro atoms. The molecule has 2 N–H and O–H groups in total. The van der Waals surface area contributed by atoms with E-state index in [1.165, 1.54) is 11.3 Å². The van der Waals surface area contributed by atoms with Crippen LogP contribution in [0.1, 0.15) is 38.1 Å². The zero-order chi connectivity index (χ0) is 18.6. The largest absolute Gasteiger partial charge is 0.450 e. The number of carbonyl (C=O) groups is 3. The molecule has 0 fully saturated rings. The molecule has 1 aromatic heterocycles. The first-order valence-electron chi connectivity index (χ1n) is 7.48. The number of nitrogens with one attached hydrogen (secondary N) is 2. The lowest BCUT2D eigenvalue weighted by Crippen LogP contribution is -2.31. The Morgan fingerprint density at radius 3 is 2.36 bits per heavy atom. The number of amides is 3. The Hall–Kier alpha value is -2.38. The van der Waals surface area contributed by atoms with E-state index in [1.807, 2.05) is 6.92 Å². The Labute approximate surface area is 154 Å². The van der Waals surface area contributed by atoms with Gasteiger partial charge in [-0.25, -0.2) is 4.79 Å². The number of imide groups is 1. The highest BCUT2D eigenvalue weighted by Gasteiger charge is 2.23. The van der Waals surface area contributed by atoms with E-state index in [2.05, 4.69) is 10.6 Å². The molecule has 0 aliphatic heterocycles. The van der Waals surface area contributed by atoms with Crippen LogP contribution in [0.2, 0.25) is 5.02 Å². The topological polar surface area (TPSA) is 84.5 Å². The fraction of sp³-hybridized carbons (Fsp3) is 0.235. The number of hydrogen-bond donors (Lipinski definition) is 2. The van der Waals surface area contributed by atoms with Crippen molar-refractivity contribution in [3.05, 3.63) is 50.9 Å². The van der Waals surface area contributed by atoms with Gasteiger partial charge in [0.05, 0.1) is 12.2 Å². The summed E-state index contributed by atoms with van der Waals surface area (Å²) in [5.41, 5.74) is 1.35. The molecule has 0 aliphatic carbocycles. The van der Waals surface area contributed by atoms with Gasteiger partial charge in [0.1, 0.15) is 5.00 Å². The summed E-state index contributed by atoms with van der Waals surface area (Å²) >= 11 is 7.08. The number of halogens is 1. The molecule has 132 valence electrons. The molecule has 1 aromatic carbocycles. The molecule has 0 atom stereocenters. The van der Waals surface area contributed by atoms with Crippen molar-refractivity contribution in [1.29, 1.82) is 0 Å². The van der Waals surface area contributed by atoms with Gasteiger partial charge in [-0.15, -0.1) is 11.3 Å². The number of rotatable bonds is 4. The molecule has 25 heavy (non-hydrogen) atoms. The molecule has 6 nitrogen and oxygen atoms in total. The number of benzene rings is 1. The predicted molar refractivity (Wildman–Crippen MR) is 97.7 cm³/mol. The van der Waals surface area contributed by atoms with Gasteiger partial charge >= 0.3 is 6.09 Å². The van der Waals surface area contributed by atoms with Crippen LogP contribution < -0.4 is 10.6 Å². The second kappa shape index (κ2) is 8.13. The average Bonchev–Trinajstić information content (AvgIpc) is 2.82. The molecular weight excluding hydrogens is 364 g/mol. The van der Waals surface area contributed by atoms with E-state index < -0.39 is 12.0 Å². The highest BCUT2D eigenvalue weighted by molar-refractivity contribution is 7.16. The van der Waals surface area contributed by atoms with Crippen molar-refractivity contribution in [2.45, 2.75) is 20.8 Å². The summed E-state index contributed by atoms with van der Waals surface area (Å²) in [4.78, 5) is 37.1. The molecule has 0 saturated carbocycles. The van der Waals surface area contributed by atoms with Crippen LogP contribution in [0.15, 0.2) is 24.3 Å². The fourth-order valence-corrected chi connectivity index (χ4v) is 3.27. The van der Waals surface area contributed by atoms with E-state index in [9.17, 15) is 14.4 Å². The zero-order valence-corrected chi connectivity index (χ0v) is 15.5.